The van der Waals surface area contributed by atoms with E-state index in [0.717, 1.165) is 16.9 Å². The van der Waals surface area contributed by atoms with E-state index < -0.39 is 0 Å². The van der Waals surface area contributed by atoms with Gasteiger partial charge in [0.1, 0.15) is 5.82 Å². The molecule has 94 valence electrons. The quantitative estimate of drug-likeness (QED) is 0.771. The first-order chi connectivity index (χ1) is 8.47. The summed E-state index contributed by atoms with van der Waals surface area (Å²) >= 11 is 9.12. The van der Waals surface area contributed by atoms with Gasteiger partial charge in [0.15, 0.2) is 0 Å². The van der Waals surface area contributed by atoms with Gasteiger partial charge < -0.3 is 11.1 Å². The highest BCUT2D eigenvalue weighted by molar-refractivity contribution is 9.10. The maximum Gasteiger partial charge on any atom is 0.137 e. The highest BCUT2D eigenvalue weighted by atomic mass is 79.9. The lowest BCUT2D eigenvalue weighted by Gasteiger charge is -2.12. The van der Waals surface area contributed by atoms with E-state index in [0.29, 0.717) is 15.2 Å². The summed E-state index contributed by atoms with van der Waals surface area (Å²) in [6.45, 7) is 1.92. The Morgan fingerprint density at radius 1 is 1.28 bits per heavy atom. The number of rotatable bonds is 2. The number of hydrogen-bond donors (Lipinski definition) is 2. The molecule has 18 heavy (non-hydrogen) atoms. The Kier molecular flexibility index (Phi) is 3.78. The van der Waals surface area contributed by atoms with E-state index in [4.69, 9.17) is 17.3 Å². The van der Waals surface area contributed by atoms with E-state index in [1.54, 1.807) is 24.3 Å². The van der Waals surface area contributed by atoms with Crippen LogP contribution in [0.3, 0.4) is 0 Å². The Labute approximate surface area is 118 Å². The molecule has 0 aliphatic rings. The number of nitrogens with one attached hydrogen (secondary N) is 1. The molecule has 0 spiro atoms. The zero-order valence-corrected chi connectivity index (χ0v) is 11.9. The Hall–Kier alpha value is -1.26. The molecule has 0 unspecified atom stereocenters. The third-order valence-corrected chi connectivity index (χ3v) is 3.48. The molecule has 0 aliphatic heterocycles. The van der Waals surface area contributed by atoms with E-state index in [1.165, 1.54) is 6.07 Å². The molecule has 0 atom stereocenters. The average molecular weight is 330 g/mol. The molecule has 0 fully saturated rings. The first kappa shape index (κ1) is 13.2. The summed E-state index contributed by atoms with van der Waals surface area (Å²) < 4.78 is 13.5. The van der Waals surface area contributed by atoms with Gasteiger partial charge in [-0.15, -0.1) is 0 Å². The van der Waals surface area contributed by atoms with Crippen molar-refractivity contribution >= 4 is 44.6 Å². The summed E-state index contributed by atoms with van der Waals surface area (Å²) in [5.74, 6) is -0.299. The topological polar surface area (TPSA) is 38.0 Å². The van der Waals surface area contributed by atoms with Gasteiger partial charge in [0, 0.05) is 11.4 Å². The molecule has 0 radical (unpaired) electrons. The summed E-state index contributed by atoms with van der Waals surface area (Å²) in [7, 11) is 0. The van der Waals surface area contributed by atoms with E-state index >= 15 is 0 Å². The number of aryl methyl sites for hydroxylation is 1. The van der Waals surface area contributed by atoms with Crippen LogP contribution in [0.4, 0.5) is 21.5 Å². The molecular formula is C13H11BrClFN2. The SMILES string of the molecule is Cc1cc(N)c(Cl)cc1Nc1ccc(F)c(Br)c1. The smallest absolute Gasteiger partial charge is 0.137 e. The van der Waals surface area contributed by atoms with Crippen molar-refractivity contribution in [2.45, 2.75) is 6.92 Å². The molecule has 2 nitrogen and oxygen atoms in total. The highest BCUT2D eigenvalue weighted by Crippen LogP contribution is 2.30. The van der Waals surface area contributed by atoms with Crippen molar-refractivity contribution in [1.82, 2.24) is 0 Å². The molecule has 2 rings (SSSR count). The summed E-state index contributed by atoms with van der Waals surface area (Å²) in [5, 5.41) is 3.66. The van der Waals surface area contributed by atoms with E-state index in [2.05, 4.69) is 21.2 Å². The maximum absolute atomic E-state index is 13.1. The molecule has 0 bridgehead atoms. The fraction of sp³-hybridized carbons (Fsp3) is 0.0769. The van der Waals surface area contributed by atoms with E-state index in [1.807, 2.05) is 6.92 Å². The maximum atomic E-state index is 13.1. The van der Waals surface area contributed by atoms with Crippen molar-refractivity contribution in [3.63, 3.8) is 0 Å². The summed E-state index contributed by atoms with van der Waals surface area (Å²) in [5.41, 5.74) is 8.83. The lowest BCUT2D eigenvalue weighted by atomic mass is 10.1. The third-order valence-electron chi connectivity index (χ3n) is 2.54. The molecule has 0 saturated carbocycles. The summed E-state index contributed by atoms with van der Waals surface area (Å²) in [6, 6.07) is 8.26. The van der Waals surface area contributed by atoms with Gasteiger partial charge in [-0.05, 0) is 58.7 Å². The monoisotopic (exact) mass is 328 g/mol. The van der Waals surface area contributed by atoms with Crippen LogP contribution in [0.15, 0.2) is 34.8 Å². The zero-order chi connectivity index (χ0) is 13.3. The van der Waals surface area contributed by atoms with Crippen LogP contribution in [0, 0.1) is 12.7 Å². The van der Waals surface area contributed by atoms with Crippen molar-refractivity contribution in [3.05, 3.63) is 51.2 Å². The van der Waals surface area contributed by atoms with Crippen LogP contribution in [0.1, 0.15) is 5.56 Å². The number of hydrogen-bond acceptors (Lipinski definition) is 2. The minimum absolute atomic E-state index is 0.299. The molecule has 0 saturated heterocycles. The molecule has 2 aromatic carbocycles. The van der Waals surface area contributed by atoms with E-state index in [-0.39, 0.29) is 5.82 Å². The third kappa shape index (κ3) is 2.76. The molecule has 0 amide bonds. The second kappa shape index (κ2) is 5.16. The fourth-order valence-corrected chi connectivity index (χ4v) is 2.11. The minimum Gasteiger partial charge on any atom is -0.398 e. The van der Waals surface area contributed by atoms with Crippen LogP contribution >= 0.6 is 27.5 Å². The molecule has 3 N–H and O–H groups in total. The number of benzene rings is 2. The van der Waals surface area contributed by atoms with Gasteiger partial charge in [0.2, 0.25) is 0 Å². The van der Waals surface area contributed by atoms with Crippen LogP contribution in [0.25, 0.3) is 0 Å². The molecular weight excluding hydrogens is 319 g/mol. The van der Waals surface area contributed by atoms with Crippen LogP contribution < -0.4 is 11.1 Å². The van der Waals surface area contributed by atoms with Crippen molar-refractivity contribution < 1.29 is 4.39 Å². The van der Waals surface area contributed by atoms with Gasteiger partial charge in [-0.1, -0.05) is 11.6 Å². The van der Waals surface area contributed by atoms with Gasteiger partial charge >= 0.3 is 0 Å². The Bertz CT molecular complexity index is 602. The van der Waals surface area contributed by atoms with Crippen LogP contribution in [0.5, 0.6) is 0 Å². The van der Waals surface area contributed by atoms with Crippen LogP contribution in [-0.4, -0.2) is 0 Å². The first-order valence-corrected chi connectivity index (χ1v) is 6.42. The molecule has 0 heterocycles. The predicted molar refractivity (Wildman–Crippen MR) is 78.0 cm³/mol. The van der Waals surface area contributed by atoms with Crippen molar-refractivity contribution in [3.8, 4) is 0 Å². The lowest BCUT2D eigenvalue weighted by Crippen LogP contribution is -1.96. The molecule has 0 aliphatic carbocycles. The lowest BCUT2D eigenvalue weighted by molar-refractivity contribution is 0.621. The highest BCUT2D eigenvalue weighted by Gasteiger charge is 2.05. The average Bonchev–Trinajstić information content (AvgIpc) is 2.31. The van der Waals surface area contributed by atoms with Crippen LogP contribution in [-0.2, 0) is 0 Å². The van der Waals surface area contributed by atoms with Crippen molar-refractivity contribution in [2.24, 2.45) is 0 Å². The fourth-order valence-electron chi connectivity index (χ4n) is 1.57. The summed E-state index contributed by atoms with van der Waals surface area (Å²) in [4.78, 5) is 0. The van der Waals surface area contributed by atoms with Gasteiger partial charge in [0.25, 0.3) is 0 Å². The Morgan fingerprint density at radius 2 is 2.00 bits per heavy atom. The Morgan fingerprint density at radius 3 is 2.67 bits per heavy atom. The zero-order valence-electron chi connectivity index (χ0n) is 9.60. The van der Waals surface area contributed by atoms with Gasteiger partial charge in [-0.25, -0.2) is 4.39 Å². The molecule has 0 aromatic heterocycles. The Balaban J connectivity index is 2.34. The predicted octanol–water partition coefficient (Wildman–Crippen LogP) is 4.88. The molecule has 5 heteroatoms. The van der Waals surface area contributed by atoms with Crippen molar-refractivity contribution in [2.75, 3.05) is 11.1 Å². The van der Waals surface area contributed by atoms with Crippen molar-refractivity contribution in [1.29, 1.82) is 0 Å². The second-order valence-electron chi connectivity index (χ2n) is 3.94. The normalized spacial score (nSPS) is 10.4. The number of halogens is 3. The first-order valence-electron chi connectivity index (χ1n) is 5.25. The minimum atomic E-state index is -0.299. The van der Waals surface area contributed by atoms with E-state index in [9.17, 15) is 4.39 Å². The second-order valence-corrected chi connectivity index (χ2v) is 5.20. The van der Waals surface area contributed by atoms with Gasteiger partial charge in [-0.2, -0.15) is 0 Å². The van der Waals surface area contributed by atoms with Gasteiger partial charge in [0.05, 0.1) is 15.2 Å². The number of nitrogens with two attached hydrogens (primary N) is 1. The number of anilines is 3. The van der Waals surface area contributed by atoms with Gasteiger partial charge in [-0.3, -0.25) is 0 Å². The largest absolute Gasteiger partial charge is 0.398 e. The summed E-state index contributed by atoms with van der Waals surface area (Å²) in [6.07, 6.45) is 0. The molecule has 2 aromatic rings. The van der Waals surface area contributed by atoms with Crippen LogP contribution in [0.2, 0.25) is 5.02 Å². The number of nitrogen functional groups attached to an aromatic ring is 1. The standard InChI is InChI=1S/C13H11BrClFN2/c1-7-4-12(17)10(15)6-13(7)18-8-2-3-11(16)9(14)5-8/h2-6,18H,17H2,1H3.